The molecule has 2 aromatic rings. The number of halogens is 1. The van der Waals surface area contributed by atoms with Gasteiger partial charge in [-0.2, -0.15) is 0 Å². The van der Waals surface area contributed by atoms with Gasteiger partial charge in [0.15, 0.2) is 0 Å². The Balaban J connectivity index is 2.08. The highest BCUT2D eigenvalue weighted by atomic mass is 35.5. The summed E-state index contributed by atoms with van der Waals surface area (Å²) >= 11 is 8.12. The first-order valence-electron chi connectivity index (χ1n) is 6.45. The van der Waals surface area contributed by atoms with Crippen molar-refractivity contribution in [1.29, 1.82) is 0 Å². The molecule has 1 aromatic carbocycles. The van der Waals surface area contributed by atoms with Crippen molar-refractivity contribution >= 4 is 39.0 Å². The predicted octanol–water partition coefficient (Wildman–Crippen LogP) is 3.80. The molecule has 1 unspecified atom stereocenters. The second kappa shape index (κ2) is 6.57. The van der Waals surface area contributed by atoms with Gasteiger partial charge < -0.3 is 9.64 Å². The van der Waals surface area contributed by atoms with E-state index in [9.17, 15) is 4.79 Å². The van der Waals surface area contributed by atoms with Gasteiger partial charge in [0.2, 0.25) is 0 Å². The molecule has 2 rings (SSSR count). The van der Waals surface area contributed by atoms with Crippen LogP contribution in [0.5, 0.6) is 0 Å². The van der Waals surface area contributed by atoms with Gasteiger partial charge in [-0.05, 0) is 13.1 Å². The fourth-order valence-electron chi connectivity index (χ4n) is 2.22. The molecule has 1 heterocycles. The summed E-state index contributed by atoms with van der Waals surface area (Å²) in [6.45, 7) is 3.26. The van der Waals surface area contributed by atoms with Gasteiger partial charge in [0.1, 0.15) is 0 Å². The highest BCUT2D eigenvalue weighted by molar-refractivity contribution is 7.19. The molecule has 1 aromatic heterocycles. The quantitative estimate of drug-likeness (QED) is 0.787. The van der Waals surface area contributed by atoms with Gasteiger partial charge in [0.25, 0.3) is 0 Å². The minimum absolute atomic E-state index is 0.141. The smallest absolute Gasteiger partial charge is 0.309 e. The molecule has 0 bridgehead atoms. The number of benzene rings is 1. The Hall–Kier alpha value is -1.10. The number of rotatable bonds is 5. The van der Waals surface area contributed by atoms with Crippen LogP contribution < -0.4 is 0 Å². The number of hydrogen-bond donors (Lipinski definition) is 0. The van der Waals surface area contributed by atoms with Crippen molar-refractivity contribution in [3.63, 3.8) is 0 Å². The number of ether oxygens (including phenoxy) is 1. The van der Waals surface area contributed by atoms with E-state index in [0.29, 0.717) is 6.54 Å². The first-order chi connectivity index (χ1) is 9.52. The van der Waals surface area contributed by atoms with Gasteiger partial charge in [-0.1, -0.05) is 36.7 Å². The van der Waals surface area contributed by atoms with E-state index in [2.05, 4.69) is 11.0 Å². The van der Waals surface area contributed by atoms with E-state index in [1.54, 1.807) is 11.3 Å². The van der Waals surface area contributed by atoms with Crippen LogP contribution in [-0.4, -0.2) is 31.6 Å². The minimum Gasteiger partial charge on any atom is -0.469 e. The van der Waals surface area contributed by atoms with Crippen LogP contribution in [0.2, 0.25) is 5.02 Å². The zero-order chi connectivity index (χ0) is 14.7. The number of fused-ring (bicyclic) bond motifs is 1. The van der Waals surface area contributed by atoms with Crippen LogP contribution in [0.1, 0.15) is 11.8 Å². The zero-order valence-electron chi connectivity index (χ0n) is 11.9. The summed E-state index contributed by atoms with van der Waals surface area (Å²) in [5, 5.41) is 1.92. The summed E-state index contributed by atoms with van der Waals surface area (Å²) in [5.74, 6) is -0.322. The maximum Gasteiger partial charge on any atom is 0.309 e. The SMILES string of the molecule is COC(=O)C(C)CN(C)Cc1sc2ccccc2c1Cl. The van der Waals surface area contributed by atoms with E-state index < -0.39 is 0 Å². The first-order valence-corrected chi connectivity index (χ1v) is 7.64. The molecule has 0 N–H and O–H groups in total. The van der Waals surface area contributed by atoms with Crippen LogP contribution >= 0.6 is 22.9 Å². The molecule has 1 atom stereocenters. The molecule has 3 nitrogen and oxygen atoms in total. The molecule has 108 valence electrons. The van der Waals surface area contributed by atoms with Gasteiger partial charge in [0, 0.05) is 28.1 Å². The number of esters is 1. The summed E-state index contributed by atoms with van der Waals surface area (Å²) in [6.07, 6.45) is 0. The number of carbonyl (C=O) groups excluding carboxylic acids is 1. The van der Waals surface area contributed by atoms with Crippen molar-refractivity contribution in [2.45, 2.75) is 13.5 Å². The van der Waals surface area contributed by atoms with E-state index in [4.69, 9.17) is 16.3 Å². The van der Waals surface area contributed by atoms with Gasteiger partial charge in [-0.25, -0.2) is 0 Å². The standard InChI is InChI=1S/C15H18ClNO2S/c1-10(15(18)19-3)8-17(2)9-13-14(16)11-6-4-5-7-12(11)20-13/h4-7,10H,8-9H2,1-3H3. The molecule has 5 heteroatoms. The zero-order valence-corrected chi connectivity index (χ0v) is 13.4. The van der Waals surface area contributed by atoms with E-state index in [1.165, 1.54) is 11.8 Å². The van der Waals surface area contributed by atoms with Crippen LogP contribution in [0.25, 0.3) is 10.1 Å². The summed E-state index contributed by atoms with van der Waals surface area (Å²) < 4.78 is 5.94. The monoisotopic (exact) mass is 311 g/mol. The summed E-state index contributed by atoms with van der Waals surface area (Å²) in [4.78, 5) is 14.7. The highest BCUT2D eigenvalue weighted by Gasteiger charge is 2.17. The van der Waals surface area contributed by atoms with E-state index in [0.717, 1.165) is 21.8 Å². The van der Waals surface area contributed by atoms with Gasteiger partial charge in [-0.3, -0.25) is 4.79 Å². The highest BCUT2D eigenvalue weighted by Crippen LogP contribution is 2.35. The van der Waals surface area contributed by atoms with Crippen molar-refractivity contribution < 1.29 is 9.53 Å². The third-order valence-electron chi connectivity index (χ3n) is 3.20. The topological polar surface area (TPSA) is 29.5 Å². The lowest BCUT2D eigenvalue weighted by atomic mass is 10.1. The average Bonchev–Trinajstić information content (AvgIpc) is 2.74. The van der Waals surface area contributed by atoms with E-state index in [1.807, 2.05) is 32.2 Å². The van der Waals surface area contributed by atoms with Crippen LogP contribution in [-0.2, 0) is 16.1 Å². The third-order valence-corrected chi connectivity index (χ3v) is 4.90. The van der Waals surface area contributed by atoms with Gasteiger partial charge >= 0.3 is 5.97 Å². The molecule has 0 aliphatic rings. The average molecular weight is 312 g/mol. The summed E-state index contributed by atoms with van der Waals surface area (Å²) in [7, 11) is 3.40. The number of carbonyl (C=O) groups is 1. The van der Waals surface area contributed by atoms with E-state index in [-0.39, 0.29) is 11.9 Å². The molecule has 20 heavy (non-hydrogen) atoms. The molecule has 0 fully saturated rings. The van der Waals surface area contributed by atoms with E-state index >= 15 is 0 Å². The number of methoxy groups -OCH3 is 1. The number of thiophene rings is 1. The van der Waals surface area contributed by atoms with Crippen LogP contribution in [0.3, 0.4) is 0 Å². The lowest BCUT2D eigenvalue weighted by molar-refractivity contribution is -0.145. The molecular weight excluding hydrogens is 294 g/mol. The van der Waals surface area contributed by atoms with Crippen LogP contribution in [0.15, 0.2) is 24.3 Å². The molecule has 0 aliphatic carbocycles. The van der Waals surface area contributed by atoms with Gasteiger partial charge in [0.05, 0.1) is 18.1 Å². The number of hydrogen-bond acceptors (Lipinski definition) is 4. The van der Waals surface area contributed by atoms with Crippen LogP contribution in [0, 0.1) is 5.92 Å². The Morgan fingerprint density at radius 2 is 2.15 bits per heavy atom. The van der Waals surface area contributed by atoms with Crippen LogP contribution in [0.4, 0.5) is 0 Å². The predicted molar refractivity (Wildman–Crippen MR) is 84.3 cm³/mol. The fourth-order valence-corrected chi connectivity index (χ4v) is 3.79. The maximum absolute atomic E-state index is 11.4. The molecular formula is C15H18ClNO2S. The lowest BCUT2D eigenvalue weighted by Gasteiger charge is -2.19. The molecule has 0 saturated heterocycles. The molecule has 0 radical (unpaired) electrons. The van der Waals surface area contributed by atoms with Crippen molar-refractivity contribution in [2.24, 2.45) is 5.92 Å². The molecule has 0 amide bonds. The second-order valence-corrected chi connectivity index (χ2v) is 6.47. The Labute approximate surface area is 128 Å². The Bertz CT molecular complexity index is 611. The fraction of sp³-hybridized carbons (Fsp3) is 0.400. The Morgan fingerprint density at radius 1 is 1.45 bits per heavy atom. The minimum atomic E-state index is -0.181. The first kappa shape index (κ1) is 15.3. The van der Waals surface area contributed by atoms with Crippen molar-refractivity contribution in [2.75, 3.05) is 20.7 Å². The van der Waals surface area contributed by atoms with Crippen molar-refractivity contribution in [3.8, 4) is 0 Å². The Kier molecular flexibility index (Phi) is 5.02. The molecule has 0 saturated carbocycles. The summed E-state index contributed by atoms with van der Waals surface area (Å²) in [5.41, 5.74) is 0. The van der Waals surface area contributed by atoms with Gasteiger partial charge in [-0.15, -0.1) is 11.3 Å². The number of nitrogens with zero attached hydrogens (tertiary/aromatic N) is 1. The largest absolute Gasteiger partial charge is 0.469 e. The van der Waals surface area contributed by atoms with Crippen molar-refractivity contribution in [1.82, 2.24) is 4.90 Å². The van der Waals surface area contributed by atoms with Crippen molar-refractivity contribution in [3.05, 3.63) is 34.2 Å². The maximum atomic E-state index is 11.4. The summed E-state index contributed by atoms with van der Waals surface area (Å²) in [6, 6.07) is 8.12. The normalized spacial score (nSPS) is 12.8. The lowest BCUT2D eigenvalue weighted by Crippen LogP contribution is -2.28. The molecule has 0 aliphatic heterocycles. The Morgan fingerprint density at radius 3 is 2.80 bits per heavy atom. The third kappa shape index (κ3) is 3.32. The molecule has 0 spiro atoms. The second-order valence-electron chi connectivity index (χ2n) is 4.96.